The van der Waals surface area contributed by atoms with E-state index in [9.17, 15) is 0 Å². The van der Waals surface area contributed by atoms with E-state index in [4.69, 9.17) is 11.6 Å². The fourth-order valence-corrected chi connectivity index (χ4v) is 2.16. The van der Waals surface area contributed by atoms with E-state index in [2.05, 4.69) is 27.3 Å². The van der Waals surface area contributed by atoms with Gasteiger partial charge in [0.25, 0.3) is 0 Å². The van der Waals surface area contributed by atoms with Gasteiger partial charge in [-0.15, -0.1) is 22.9 Å². The fraction of sp³-hybridized carbons (Fsp3) is 0.333. The Morgan fingerprint density at radius 3 is 2.90 bits per heavy atom. The topological polar surface area (TPSA) is 12.0 Å². The summed E-state index contributed by atoms with van der Waals surface area (Å²) in [7, 11) is 0. The summed E-state index contributed by atoms with van der Waals surface area (Å²) >= 11 is 10.5. The van der Waals surface area contributed by atoms with Crippen molar-refractivity contribution in [3.8, 4) is 0 Å². The number of nitrogens with one attached hydrogen (secondary N) is 1. The molecule has 0 unspecified atom stereocenters. The predicted molar refractivity (Wildman–Crippen MR) is 49.6 cm³/mol. The lowest BCUT2D eigenvalue weighted by Gasteiger charge is -1.93. The van der Waals surface area contributed by atoms with E-state index in [1.807, 2.05) is 6.07 Å². The summed E-state index contributed by atoms with van der Waals surface area (Å²) in [5.74, 6) is 0. The van der Waals surface area contributed by atoms with Crippen LogP contribution in [-0.4, -0.2) is 6.00 Å². The third kappa shape index (κ3) is 2.58. The van der Waals surface area contributed by atoms with Crippen LogP contribution in [0.3, 0.4) is 0 Å². The lowest BCUT2D eigenvalue weighted by molar-refractivity contribution is 0.803. The van der Waals surface area contributed by atoms with Crippen LogP contribution in [-0.2, 0) is 6.54 Å². The molecule has 1 N–H and O–H groups in total. The summed E-state index contributed by atoms with van der Waals surface area (Å²) in [6.07, 6.45) is 0. The van der Waals surface area contributed by atoms with Gasteiger partial charge in [0.15, 0.2) is 0 Å². The number of thiophene rings is 1. The molecule has 1 aromatic rings. The Morgan fingerprint density at radius 1 is 1.60 bits per heavy atom. The van der Waals surface area contributed by atoms with Crippen molar-refractivity contribution >= 4 is 38.9 Å². The fourth-order valence-electron chi connectivity index (χ4n) is 0.617. The second kappa shape index (κ2) is 4.34. The molecule has 1 nitrogen and oxygen atoms in total. The van der Waals surface area contributed by atoms with Gasteiger partial charge in [-0.3, -0.25) is 5.32 Å². The minimum atomic E-state index is 0.509. The summed E-state index contributed by atoms with van der Waals surface area (Å²) in [6.45, 7) is 0.861. The summed E-state index contributed by atoms with van der Waals surface area (Å²) in [6, 6.07) is 4.62. The highest BCUT2D eigenvalue weighted by molar-refractivity contribution is 9.11. The number of rotatable bonds is 3. The van der Waals surface area contributed by atoms with Crippen LogP contribution < -0.4 is 5.32 Å². The van der Waals surface area contributed by atoms with Crippen LogP contribution in [0.15, 0.2) is 15.9 Å². The Hall–Kier alpha value is 0.430. The van der Waals surface area contributed by atoms with Crippen LogP contribution in [0.5, 0.6) is 0 Å². The third-order valence-corrected chi connectivity index (χ3v) is 2.84. The molecule has 0 spiro atoms. The molecular formula is C6H7BrClNS. The van der Waals surface area contributed by atoms with E-state index in [0.29, 0.717) is 6.00 Å². The van der Waals surface area contributed by atoms with E-state index in [0.717, 1.165) is 6.54 Å². The van der Waals surface area contributed by atoms with Crippen LogP contribution >= 0.6 is 38.9 Å². The van der Waals surface area contributed by atoms with Gasteiger partial charge >= 0.3 is 0 Å². The molecule has 1 heterocycles. The Bertz CT molecular complexity index is 201. The predicted octanol–water partition coefficient (Wildman–Crippen LogP) is 2.80. The molecule has 0 bridgehead atoms. The maximum absolute atomic E-state index is 5.44. The average Bonchev–Trinajstić information content (AvgIpc) is 2.31. The van der Waals surface area contributed by atoms with Crippen LogP contribution in [0.25, 0.3) is 0 Å². The maximum Gasteiger partial charge on any atom is 0.0716 e. The van der Waals surface area contributed by atoms with Crippen LogP contribution in [0.2, 0.25) is 0 Å². The third-order valence-electron chi connectivity index (χ3n) is 1.02. The number of hydrogen-bond donors (Lipinski definition) is 1. The maximum atomic E-state index is 5.44. The number of hydrogen-bond acceptors (Lipinski definition) is 2. The van der Waals surface area contributed by atoms with Gasteiger partial charge in [0.2, 0.25) is 0 Å². The van der Waals surface area contributed by atoms with Crippen molar-refractivity contribution in [3.05, 3.63) is 20.8 Å². The van der Waals surface area contributed by atoms with Crippen molar-refractivity contribution in [2.75, 3.05) is 6.00 Å². The molecule has 0 aliphatic heterocycles. The molecule has 0 saturated heterocycles. The van der Waals surface area contributed by atoms with E-state index >= 15 is 0 Å². The standard InChI is InChI=1S/C6H7BrClNS/c7-6-2-1-5(10-6)3-9-4-8/h1-2,9H,3-4H2. The zero-order valence-corrected chi connectivity index (χ0v) is 8.39. The molecule has 0 amide bonds. The largest absolute Gasteiger partial charge is 0.299 e. The van der Waals surface area contributed by atoms with Gasteiger partial charge in [-0.25, -0.2) is 0 Å². The quantitative estimate of drug-likeness (QED) is 0.633. The van der Waals surface area contributed by atoms with Crippen LogP contribution in [0.1, 0.15) is 4.88 Å². The first-order chi connectivity index (χ1) is 4.83. The lowest BCUT2D eigenvalue weighted by atomic mass is 10.5. The normalized spacial score (nSPS) is 10.2. The molecule has 10 heavy (non-hydrogen) atoms. The first kappa shape index (κ1) is 8.53. The Kier molecular flexibility index (Phi) is 3.70. The van der Waals surface area contributed by atoms with Gasteiger partial charge in [-0.1, -0.05) is 0 Å². The summed E-state index contributed by atoms with van der Waals surface area (Å²) in [5, 5.41) is 3.03. The second-order valence-electron chi connectivity index (χ2n) is 1.77. The van der Waals surface area contributed by atoms with E-state index in [1.54, 1.807) is 11.3 Å². The molecule has 56 valence electrons. The molecule has 0 aromatic carbocycles. The number of halogens is 2. The molecule has 1 aromatic heterocycles. The van der Waals surface area contributed by atoms with Crippen molar-refractivity contribution < 1.29 is 0 Å². The highest BCUT2D eigenvalue weighted by Gasteiger charge is 1.94. The van der Waals surface area contributed by atoms with Crippen LogP contribution in [0.4, 0.5) is 0 Å². The lowest BCUT2D eigenvalue weighted by Crippen LogP contribution is -2.08. The van der Waals surface area contributed by atoms with E-state index in [-0.39, 0.29) is 0 Å². The minimum absolute atomic E-state index is 0.509. The molecular weight excluding hydrogens is 233 g/mol. The molecule has 0 aliphatic carbocycles. The average molecular weight is 241 g/mol. The van der Waals surface area contributed by atoms with E-state index < -0.39 is 0 Å². The minimum Gasteiger partial charge on any atom is -0.299 e. The van der Waals surface area contributed by atoms with Gasteiger partial charge in [0.05, 0.1) is 9.79 Å². The Morgan fingerprint density at radius 2 is 2.40 bits per heavy atom. The van der Waals surface area contributed by atoms with Crippen molar-refractivity contribution in [1.82, 2.24) is 5.32 Å². The highest BCUT2D eigenvalue weighted by Crippen LogP contribution is 2.21. The van der Waals surface area contributed by atoms with Gasteiger partial charge in [-0.05, 0) is 28.1 Å². The van der Waals surface area contributed by atoms with Crippen molar-refractivity contribution in [2.45, 2.75) is 6.54 Å². The molecule has 0 fully saturated rings. The first-order valence-corrected chi connectivity index (χ1v) is 4.98. The smallest absolute Gasteiger partial charge is 0.0716 e. The van der Waals surface area contributed by atoms with Crippen molar-refractivity contribution in [3.63, 3.8) is 0 Å². The zero-order chi connectivity index (χ0) is 7.40. The van der Waals surface area contributed by atoms with Gasteiger partial charge in [0, 0.05) is 11.4 Å². The highest BCUT2D eigenvalue weighted by atomic mass is 79.9. The van der Waals surface area contributed by atoms with Gasteiger partial charge in [-0.2, -0.15) is 0 Å². The van der Waals surface area contributed by atoms with Crippen LogP contribution in [0, 0.1) is 0 Å². The van der Waals surface area contributed by atoms with Gasteiger partial charge < -0.3 is 0 Å². The Labute approximate surface area is 77.5 Å². The van der Waals surface area contributed by atoms with E-state index in [1.165, 1.54) is 8.66 Å². The molecule has 1 rings (SSSR count). The van der Waals surface area contributed by atoms with Gasteiger partial charge in [0.1, 0.15) is 0 Å². The monoisotopic (exact) mass is 239 g/mol. The van der Waals surface area contributed by atoms with Crippen molar-refractivity contribution in [1.29, 1.82) is 0 Å². The Balaban J connectivity index is 2.42. The second-order valence-corrected chi connectivity index (χ2v) is 4.58. The first-order valence-electron chi connectivity index (χ1n) is 2.84. The molecule has 0 radical (unpaired) electrons. The molecule has 0 saturated carbocycles. The zero-order valence-electron chi connectivity index (χ0n) is 5.23. The summed E-state index contributed by atoms with van der Waals surface area (Å²) in [5.41, 5.74) is 0. The molecule has 0 aliphatic rings. The molecule has 4 heteroatoms. The SMILES string of the molecule is ClCNCc1ccc(Br)s1. The van der Waals surface area contributed by atoms with Crippen molar-refractivity contribution in [2.24, 2.45) is 0 Å². The summed E-state index contributed by atoms with van der Waals surface area (Å²) < 4.78 is 1.17. The molecule has 0 atom stereocenters. The summed E-state index contributed by atoms with van der Waals surface area (Å²) in [4.78, 5) is 1.30. The number of alkyl halides is 1.